The fourth-order valence-corrected chi connectivity index (χ4v) is 2.74. The van der Waals surface area contributed by atoms with Gasteiger partial charge in [0.25, 0.3) is 0 Å². The van der Waals surface area contributed by atoms with Crippen LogP contribution in [-0.4, -0.2) is 15.7 Å². The minimum absolute atomic E-state index is 0.0743. The predicted octanol–water partition coefficient (Wildman–Crippen LogP) is 3.98. The van der Waals surface area contributed by atoms with Crippen LogP contribution < -0.4 is 5.32 Å². The molecule has 1 aliphatic rings. The summed E-state index contributed by atoms with van der Waals surface area (Å²) in [5.74, 6) is 0.913. The van der Waals surface area contributed by atoms with Crippen molar-refractivity contribution in [2.45, 2.75) is 25.8 Å². The minimum Gasteiger partial charge on any atom is -0.311 e. The Bertz CT molecular complexity index is 665. The maximum Gasteiger partial charge on any atom is 0.228 e. The van der Waals surface area contributed by atoms with Crippen LogP contribution >= 0.6 is 23.2 Å². The van der Waals surface area contributed by atoms with Gasteiger partial charge in [-0.2, -0.15) is 5.10 Å². The highest BCUT2D eigenvalue weighted by atomic mass is 35.5. The molecule has 4 nitrogen and oxygen atoms in total. The van der Waals surface area contributed by atoms with Crippen LogP contribution in [-0.2, 0) is 11.3 Å². The van der Waals surface area contributed by atoms with E-state index >= 15 is 0 Å². The molecular weight excluding hydrogens is 309 g/mol. The van der Waals surface area contributed by atoms with Crippen LogP contribution in [0.5, 0.6) is 0 Å². The summed E-state index contributed by atoms with van der Waals surface area (Å²) in [5.41, 5.74) is 0.906. The minimum atomic E-state index is 0.0743. The Morgan fingerprint density at radius 3 is 2.81 bits per heavy atom. The van der Waals surface area contributed by atoms with Gasteiger partial charge in [-0.05, 0) is 30.5 Å². The highest BCUT2D eigenvalue weighted by Gasteiger charge is 2.25. The first-order valence-electron chi connectivity index (χ1n) is 6.90. The van der Waals surface area contributed by atoms with Gasteiger partial charge < -0.3 is 5.32 Å². The highest BCUT2D eigenvalue weighted by Crippen LogP contribution is 2.28. The van der Waals surface area contributed by atoms with E-state index in [0.717, 1.165) is 24.8 Å². The Balaban J connectivity index is 1.74. The van der Waals surface area contributed by atoms with E-state index in [1.54, 1.807) is 29.1 Å². The molecule has 1 aromatic carbocycles. The van der Waals surface area contributed by atoms with E-state index in [0.29, 0.717) is 22.4 Å². The SMILES string of the molecule is O=C(Nc1ccnn1Cc1ccc(Cl)cc1Cl)C1CCC1. The van der Waals surface area contributed by atoms with Crippen LogP contribution in [0, 0.1) is 5.92 Å². The summed E-state index contributed by atoms with van der Waals surface area (Å²) >= 11 is 12.1. The number of anilines is 1. The zero-order valence-corrected chi connectivity index (χ0v) is 12.9. The van der Waals surface area contributed by atoms with Crippen molar-refractivity contribution < 1.29 is 4.79 Å². The standard InChI is InChI=1S/C15H15Cl2N3O/c16-12-5-4-11(13(17)8-12)9-20-14(6-7-18-20)19-15(21)10-2-1-3-10/h4-8,10H,1-3,9H2,(H,19,21). The number of hydrogen-bond acceptors (Lipinski definition) is 2. The molecule has 3 rings (SSSR count). The van der Waals surface area contributed by atoms with Gasteiger partial charge >= 0.3 is 0 Å². The van der Waals surface area contributed by atoms with Gasteiger partial charge in [-0.25, -0.2) is 4.68 Å². The molecule has 0 radical (unpaired) electrons. The fourth-order valence-electron chi connectivity index (χ4n) is 2.27. The lowest BCUT2D eigenvalue weighted by atomic mass is 9.85. The number of hydrogen-bond donors (Lipinski definition) is 1. The molecule has 0 unspecified atom stereocenters. The molecule has 1 fully saturated rings. The van der Waals surface area contributed by atoms with Gasteiger partial charge in [-0.15, -0.1) is 0 Å². The maximum atomic E-state index is 12.0. The quantitative estimate of drug-likeness (QED) is 0.925. The number of amides is 1. The van der Waals surface area contributed by atoms with E-state index < -0.39 is 0 Å². The molecule has 1 aromatic heterocycles. The summed E-state index contributed by atoms with van der Waals surface area (Å²) < 4.78 is 1.73. The zero-order valence-electron chi connectivity index (χ0n) is 11.4. The number of carbonyl (C=O) groups is 1. The van der Waals surface area contributed by atoms with Crippen LogP contribution in [0.1, 0.15) is 24.8 Å². The summed E-state index contributed by atoms with van der Waals surface area (Å²) in [4.78, 5) is 12.0. The van der Waals surface area contributed by atoms with Gasteiger partial charge in [0.2, 0.25) is 5.91 Å². The second kappa shape index (κ2) is 6.08. The smallest absolute Gasteiger partial charge is 0.228 e. The number of rotatable bonds is 4. The molecule has 2 aromatic rings. The molecule has 0 bridgehead atoms. The third-order valence-electron chi connectivity index (χ3n) is 3.78. The van der Waals surface area contributed by atoms with E-state index in [-0.39, 0.29) is 11.8 Å². The van der Waals surface area contributed by atoms with Crippen LogP contribution in [0.2, 0.25) is 10.0 Å². The van der Waals surface area contributed by atoms with Crippen molar-refractivity contribution in [2.24, 2.45) is 5.92 Å². The summed E-state index contributed by atoms with van der Waals surface area (Å²) in [6.07, 6.45) is 4.75. The van der Waals surface area contributed by atoms with Crippen LogP contribution in [0.4, 0.5) is 5.82 Å². The first kappa shape index (κ1) is 14.4. The molecule has 1 heterocycles. The number of halogens is 2. The van der Waals surface area contributed by atoms with E-state index in [1.165, 1.54) is 0 Å². The van der Waals surface area contributed by atoms with Crippen LogP contribution in [0.3, 0.4) is 0 Å². The molecule has 0 spiro atoms. The zero-order chi connectivity index (χ0) is 14.8. The molecule has 1 amide bonds. The molecule has 6 heteroatoms. The van der Waals surface area contributed by atoms with Crippen LogP contribution in [0.15, 0.2) is 30.5 Å². The van der Waals surface area contributed by atoms with Crippen molar-refractivity contribution in [3.63, 3.8) is 0 Å². The summed E-state index contributed by atoms with van der Waals surface area (Å²) in [7, 11) is 0. The van der Waals surface area contributed by atoms with Gasteiger partial charge in [0.05, 0.1) is 12.7 Å². The lowest BCUT2D eigenvalue weighted by molar-refractivity contribution is -0.122. The van der Waals surface area contributed by atoms with Crippen molar-refractivity contribution in [1.82, 2.24) is 9.78 Å². The van der Waals surface area contributed by atoms with E-state index in [2.05, 4.69) is 10.4 Å². The Morgan fingerprint density at radius 1 is 1.33 bits per heavy atom. The lowest BCUT2D eigenvalue weighted by Crippen LogP contribution is -2.29. The molecule has 1 N–H and O–H groups in total. The van der Waals surface area contributed by atoms with Crippen molar-refractivity contribution in [1.29, 1.82) is 0 Å². The fraction of sp³-hybridized carbons (Fsp3) is 0.333. The first-order chi connectivity index (χ1) is 10.1. The van der Waals surface area contributed by atoms with Crippen molar-refractivity contribution >= 4 is 34.9 Å². The number of nitrogens with zero attached hydrogens (tertiary/aromatic N) is 2. The second-order valence-electron chi connectivity index (χ2n) is 5.23. The Kier molecular flexibility index (Phi) is 4.17. The van der Waals surface area contributed by atoms with E-state index in [9.17, 15) is 4.79 Å². The number of aromatic nitrogens is 2. The number of carbonyl (C=O) groups excluding carboxylic acids is 1. The molecule has 0 atom stereocenters. The Morgan fingerprint density at radius 2 is 2.14 bits per heavy atom. The molecule has 0 aliphatic heterocycles. The van der Waals surface area contributed by atoms with Gasteiger partial charge in [-0.1, -0.05) is 35.7 Å². The number of nitrogens with one attached hydrogen (secondary N) is 1. The van der Waals surface area contributed by atoms with E-state index in [1.807, 2.05) is 6.07 Å². The Labute approximate surface area is 133 Å². The van der Waals surface area contributed by atoms with Crippen LogP contribution in [0.25, 0.3) is 0 Å². The maximum absolute atomic E-state index is 12.0. The molecule has 110 valence electrons. The van der Waals surface area contributed by atoms with Crippen molar-refractivity contribution in [3.05, 3.63) is 46.1 Å². The normalized spacial score (nSPS) is 14.8. The number of benzene rings is 1. The largest absolute Gasteiger partial charge is 0.311 e. The summed E-state index contributed by atoms with van der Waals surface area (Å²) in [6.45, 7) is 0.489. The highest BCUT2D eigenvalue weighted by molar-refractivity contribution is 6.35. The van der Waals surface area contributed by atoms with Gasteiger partial charge in [-0.3, -0.25) is 4.79 Å². The van der Waals surface area contributed by atoms with Crippen molar-refractivity contribution in [2.75, 3.05) is 5.32 Å². The predicted molar refractivity (Wildman–Crippen MR) is 83.8 cm³/mol. The third-order valence-corrected chi connectivity index (χ3v) is 4.37. The van der Waals surface area contributed by atoms with Gasteiger partial charge in [0.1, 0.15) is 5.82 Å². The van der Waals surface area contributed by atoms with E-state index in [4.69, 9.17) is 23.2 Å². The molecule has 1 saturated carbocycles. The first-order valence-corrected chi connectivity index (χ1v) is 7.65. The average Bonchev–Trinajstić information content (AvgIpc) is 2.78. The van der Waals surface area contributed by atoms with Gasteiger partial charge in [0.15, 0.2) is 0 Å². The summed E-state index contributed by atoms with van der Waals surface area (Å²) in [5, 5.41) is 8.37. The molecular formula is C15H15Cl2N3O. The molecule has 0 saturated heterocycles. The average molecular weight is 324 g/mol. The lowest BCUT2D eigenvalue weighted by Gasteiger charge is -2.24. The topological polar surface area (TPSA) is 46.9 Å². The summed E-state index contributed by atoms with van der Waals surface area (Å²) in [6, 6.07) is 7.15. The van der Waals surface area contributed by atoms with Crippen molar-refractivity contribution in [3.8, 4) is 0 Å². The molecule has 1 aliphatic carbocycles. The second-order valence-corrected chi connectivity index (χ2v) is 6.07. The monoisotopic (exact) mass is 323 g/mol. The Hall–Kier alpha value is -1.52. The third kappa shape index (κ3) is 3.22. The molecule has 21 heavy (non-hydrogen) atoms. The van der Waals surface area contributed by atoms with Gasteiger partial charge in [0, 0.05) is 22.0 Å².